The molecule has 0 aliphatic rings. The normalized spacial score (nSPS) is 10.4. The first kappa shape index (κ1) is 12.0. The van der Waals surface area contributed by atoms with Crippen LogP contribution in [0.2, 0.25) is 0 Å². The second kappa shape index (κ2) is 5.70. The molecule has 0 aliphatic heterocycles. The van der Waals surface area contributed by atoms with E-state index in [0.29, 0.717) is 0 Å². The van der Waals surface area contributed by atoms with E-state index in [4.69, 9.17) is 0 Å². The van der Waals surface area contributed by atoms with Crippen molar-refractivity contribution in [2.24, 2.45) is 0 Å². The average molecular weight is 315 g/mol. The molecule has 0 fully saturated rings. The number of nitrogens with one attached hydrogen (secondary N) is 1. The molecular weight excluding hydrogens is 304 g/mol. The molecule has 0 atom stereocenters. The van der Waals surface area contributed by atoms with Crippen molar-refractivity contribution >= 4 is 44.7 Å². The molecule has 5 heteroatoms. The summed E-state index contributed by atoms with van der Waals surface area (Å²) < 4.78 is 1.17. The Hall–Kier alpha value is -0.520. The van der Waals surface area contributed by atoms with Crippen molar-refractivity contribution < 1.29 is 0 Å². The second-order valence-electron chi connectivity index (χ2n) is 3.20. The van der Waals surface area contributed by atoms with E-state index in [1.165, 1.54) is 9.35 Å². The molecule has 2 aromatic heterocycles. The predicted molar refractivity (Wildman–Crippen MR) is 75.4 cm³/mol. The van der Waals surface area contributed by atoms with Crippen LogP contribution in [-0.2, 0) is 6.54 Å². The van der Waals surface area contributed by atoms with Gasteiger partial charge < -0.3 is 5.32 Å². The zero-order valence-corrected chi connectivity index (χ0v) is 12.0. The largest absolute Gasteiger partial charge is 0.380 e. The number of thioether (sulfide) groups is 1. The Morgan fingerprint density at radius 3 is 2.94 bits per heavy atom. The maximum absolute atomic E-state index is 4.31. The molecule has 0 saturated carbocycles. The Labute approximate surface area is 112 Å². The van der Waals surface area contributed by atoms with Crippen LogP contribution in [0.3, 0.4) is 0 Å². The van der Waals surface area contributed by atoms with Gasteiger partial charge in [-0.15, -0.1) is 23.1 Å². The molecule has 0 saturated heterocycles. The van der Waals surface area contributed by atoms with Crippen LogP contribution in [-0.4, -0.2) is 11.2 Å². The number of anilines is 1. The van der Waals surface area contributed by atoms with E-state index in [0.717, 1.165) is 17.3 Å². The summed E-state index contributed by atoms with van der Waals surface area (Å²) in [7, 11) is 0. The van der Waals surface area contributed by atoms with Gasteiger partial charge in [0.25, 0.3) is 0 Å². The highest BCUT2D eigenvalue weighted by Gasteiger charge is 1.98. The molecule has 0 aliphatic carbocycles. The number of halogens is 1. The van der Waals surface area contributed by atoms with Gasteiger partial charge in [0.1, 0.15) is 0 Å². The van der Waals surface area contributed by atoms with Crippen LogP contribution in [0.4, 0.5) is 5.69 Å². The van der Waals surface area contributed by atoms with Gasteiger partial charge in [0, 0.05) is 6.54 Å². The summed E-state index contributed by atoms with van der Waals surface area (Å²) in [5.41, 5.74) is 2.34. The van der Waals surface area contributed by atoms with Crippen LogP contribution in [0.25, 0.3) is 0 Å². The molecule has 0 aromatic carbocycles. The first-order valence-electron chi connectivity index (χ1n) is 4.75. The van der Waals surface area contributed by atoms with Crippen molar-refractivity contribution in [2.45, 2.75) is 11.6 Å². The third-order valence-electron chi connectivity index (χ3n) is 2.06. The van der Waals surface area contributed by atoms with Crippen molar-refractivity contribution in [3.8, 4) is 0 Å². The molecule has 0 unspecified atom stereocenters. The fourth-order valence-electron chi connectivity index (χ4n) is 1.25. The van der Waals surface area contributed by atoms with Crippen LogP contribution in [0.5, 0.6) is 0 Å². The second-order valence-corrected chi connectivity index (χ2v) is 6.32. The molecule has 0 amide bonds. The van der Waals surface area contributed by atoms with E-state index < -0.39 is 0 Å². The van der Waals surface area contributed by atoms with E-state index in [1.54, 1.807) is 23.1 Å². The molecule has 0 bridgehead atoms. The molecule has 0 radical (unpaired) electrons. The Kier molecular flexibility index (Phi) is 4.26. The summed E-state index contributed by atoms with van der Waals surface area (Å²) in [6.07, 6.45) is 3.89. The zero-order chi connectivity index (χ0) is 11.4. The van der Waals surface area contributed by atoms with Crippen molar-refractivity contribution in [1.29, 1.82) is 0 Å². The summed E-state index contributed by atoms with van der Waals surface area (Å²) in [5, 5.41) is 6.52. The van der Waals surface area contributed by atoms with Crippen LogP contribution >= 0.6 is 39.0 Å². The molecule has 2 rings (SSSR count). The highest BCUT2D eigenvalue weighted by Crippen LogP contribution is 2.21. The Morgan fingerprint density at radius 1 is 1.50 bits per heavy atom. The lowest BCUT2D eigenvalue weighted by Gasteiger charge is -2.04. The number of nitrogens with zero attached hydrogens (tertiary/aromatic N) is 1. The first-order chi connectivity index (χ1) is 7.78. The quantitative estimate of drug-likeness (QED) is 0.854. The van der Waals surface area contributed by atoms with Gasteiger partial charge in [-0.1, -0.05) is 0 Å². The fraction of sp³-hybridized carbons (Fsp3) is 0.182. The van der Waals surface area contributed by atoms with E-state index in [-0.39, 0.29) is 0 Å². The molecular formula is C11H11BrN2S2. The summed E-state index contributed by atoms with van der Waals surface area (Å²) in [5.74, 6) is 0. The van der Waals surface area contributed by atoms with Crippen molar-refractivity contribution in [1.82, 2.24) is 4.98 Å². The van der Waals surface area contributed by atoms with Crippen LogP contribution in [0, 0.1) is 0 Å². The van der Waals surface area contributed by atoms with E-state index in [1.807, 2.05) is 18.5 Å². The lowest BCUT2D eigenvalue weighted by molar-refractivity contribution is 1.10. The van der Waals surface area contributed by atoms with Gasteiger partial charge in [-0.25, -0.2) is 4.98 Å². The van der Waals surface area contributed by atoms with E-state index >= 15 is 0 Å². The summed E-state index contributed by atoms with van der Waals surface area (Å²) in [6, 6.07) is 6.21. The average Bonchev–Trinajstić information content (AvgIpc) is 2.73. The maximum Gasteiger partial charge on any atom is 0.0958 e. The summed E-state index contributed by atoms with van der Waals surface area (Å²) in [4.78, 5) is 4.31. The van der Waals surface area contributed by atoms with Gasteiger partial charge in [-0.2, -0.15) is 0 Å². The molecule has 1 N–H and O–H groups in total. The van der Waals surface area contributed by atoms with Crippen molar-refractivity contribution in [2.75, 3.05) is 11.6 Å². The van der Waals surface area contributed by atoms with E-state index in [2.05, 4.69) is 43.7 Å². The van der Waals surface area contributed by atoms with Crippen molar-refractivity contribution in [3.05, 3.63) is 39.1 Å². The van der Waals surface area contributed by atoms with Crippen LogP contribution in [0.1, 0.15) is 5.56 Å². The summed E-state index contributed by atoms with van der Waals surface area (Å²) >= 11 is 6.81. The first-order valence-corrected chi connectivity index (χ1v) is 7.64. The smallest absolute Gasteiger partial charge is 0.0958 e. The molecule has 84 valence electrons. The summed E-state index contributed by atoms with van der Waals surface area (Å²) in [6.45, 7) is 0.836. The fourth-order valence-corrected chi connectivity index (χ4v) is 2.82. The molecule has 16 heavy (non-hydrogen) atoms. The number of thiophene rings is 1. The number of pyridine rings is 1. The monoisotopic (exact) mass is 314 g/mol. The SMILES string of the molecule is CSc1ccc(NCc2csc(Br)c2)cn1. The van der Waals surface area contributed by atoms with Gasteiger partial charge >= 0.3 is 0 Å². The number of aromatic nitrogens is 1. The number of rotatable bonds is 4. The van der Waals surface area contributed by atoms with E-state index in [9.17, 15) is 0 Å². The highest BCUT2D eigenvalue weighted by molar-refractivity contribution is 9.11. The Balaban J connectivity index is 1.94. The number of hydrogen-bond donors (Lipinski definition) is 1. The van der Waals surface area contributed by atoms with Gasteiger partial charge in [-0.3, -0.25) is 0 Å². The molecule has 2 heterocycles. The molecule has 0 spiro atoms. The van der Waals surface area contributed by atoms with Gasteiger partial charge in [0.2, 0.25) is 0 Å². The Bertz CT molecular complexity index is 453. The minimum atomic E-state index is 0.836. The number of hydrogen-bond acceptors (Lipinski definition) is 4. The maximum atomic E-state index is 4.31. The van der Waals surface area contributed by atoms with Crippen LogP contribution in [0.15, 0.2) is 38.6 Å². The third-order valence-corrected chi connectivity index (χ3v) is 4.28. The van der Waals surface area contributed by atoms with Crippen molar-refractivity contribution in [3.63, 3.8) is 0 Å². The van der Waals surface area contributed by atoms with Gasteiger partial charge in [-0.05, 0) is 51.3 Å². The predicted octanol–water partition coefficient (Wildman–Crippen LogP) is 4.24. The standard InChI is InChI=1S/C11H11BrN2S2/c1-15-11-3-2-9(6-14-11)13-5-8-4-10(12)16-7-8/h2-4,6-7,13H,5H2,1H3. The topological polar surface area (TPSA) is 24.9 Å². The Morgan fingerprint density at radius 2 is 2.38 bits per heavy atom. The van der Waals surface area contributed by atoms with Gasteiger partial charge in [0.05, 0.1) is 20.7 Å². The minimum Gasteiger partial charge on any atom is -0.380 e. The third kappa shape index (κ3) is 3.23. The zero-order valence-electron chi connectivity index (χ0n) is 8.74. The lowest BCUT2D eigenvalue weighted by atomic mass is 10.3. The minimum absolute atomic E-state index is 0.836. The lowest BCUT2D eigenvalue weighted by Crippen LogP contribution is -1.98. The van der Waals surface area contributed by atoms with Gasteiger partial charge in [0.15, 0.2) is 0 Å². The van der Waals surface area contributed by atoms with Crippen LogP contribution < -0.4 is 5.32 Å². The molecule has 2 nitrogen and oxygen atoms in total. The molecule has 2 aromatic rings. The highest BCUT2D eigenvalue weighted by atomic mass is 79.9.